The summed E-state index contributed by atoms with van der Waals surface area (Å²) < 4.78 is 2.12. The van der Waals surface area contributed by atoms with Crippen molar-refractivity contribution in [3.63, 3.8) is 0 Å². The average molecular weight is 417 g/mol. The normalized spacial score (nSPS) is 14.9. The molecule has 0 atom stereocenters. The van der Waals surface area contributed by atoms with Gasteiger partial charge < -0.3 is 9.88 Å². The Hall–Kier alpha value is -2.92. The Morgan fingerprint density at radius 1 is 0.935 bits per heavy atom. The van der Waals surface area contributed by atoms with E-state index < -0.39 is 0 Å². The van der Waals surface area contributed by atoms with Crippen LogP contribution >= 0.6 is 0 Å². The molecular formula is C26H32N4O. The third-order valence-electron chi connectivity index (χ3n) is 6.04. The van der Waals surface area contributed by atoms with Gasteiger partial charge in [0.1, 0.15) is 5.82 Å². The highest BCUT2D eigenvalue weighted by molar-refractivity contribution is 5.94. The molecule has 1 aliphatic heterocycles. The summed E-state index contributed by atoms with van der Waals surface area (Å²) in [5, 5.41) is 3.05. The third-order valence-corrected chi connectivity index (χ3v) is 6.04. The Balaban J connectivity index is 1.30. The first kappa shape index (κ1) is 21.3. The summed E-state index contributed by atoms with van der Waals surface area (Å²) in [6, 6.07) is 16.4. The van der Waals surface area contributed by atoms with Crippen molar-refractivity contribution in [3.05, 3.63) is 89.0 Å². The molecule has 5 nitrogen and oxygen atoms in total. The van der Waals surface area contributed by atoms with E-state index in [9.17, 15) is 4.79 Å². The van der Waals surface area contributed by atoms with Crippen molar-refractivity contribution in [2.75, 3.05) is 13.1 Å². The summed E-state index contributed by atoms with van der Waals surface area (Å²) >= 11 is 0. The Labute approximate surface area is 185 Å². The number of amides is 1. The Kier molecular flexibility index (Phi) is 7.15. The van der Waals surface area contributed by atoms with Crippen LogP contribution in [-0.2, 0) is 19.6 Å². The van der Waals surface area contributed by atoms with E-state index in [0.29, 0.717) is 12.1 Å². The van der Waals surface area contributed by atoms with Gasteiger partial charge in [-0.1, -0.05) is 49.2 Å². The van der Waals surface area contributed by atoms with Gasteiger partial charge >= 0.3 is 0 Å². The first-order valence-electron chi connectivity index (χ1n) is 11.3. The smallest absolute Gasteiger partial charge is 0.251 e. The van der Waals surface area contributed by atoms with Crippen molar-refractivity contribution in [3.8, 4) is 0 Å². The summed E-state index contributed by atoms with van der Waals surface area (Å²) in [5.74, 6) is 0.968. The van der Waals surface area contributed by atoms with E-state index in [1.807, 2.05) is 37.5 Å². The fourth-order valence-electron chi connectivity index (χ4n) is 4.20. The molecule has 1 aliphatic rings. The number of nitrogens with one attached hydrogen (secondary N) is 1. The summed E-state index contributed by atoms with van der Waals surface area (Å²) in [6.45, 7) is 6.65. The molecule has 1 fully saturated rings. The number of aryl methyl sites for hydroxylation is 1. The zero-order valence-electron chi connectivity index (χ0n) is 18.4. The molecule has 1 amide bonds. The number of carbonyl (C=O) groups excluding carboxylic acids is 1. The van der Waals surface area contributed by atoms with Crippen LogP contribution < -0.4 is 5.32 Å². The molecule has 5 heteroatoms. The molecule has 0 saturated carbocycles. The van der Waals surface area contributed by atoms with Crippen molar-refractivity contribution < 1.29 is 4.79 Å². The van der Waals surface area contributed by atoms with Crippen molar-refractivity contribution >= 4 is 5.91 Å². The average Bonchev–Trinajstić information content (AvgIpc) is 3.02. The highest BCUT2D eigenvalue weighted by atomic mass is 16.1. The van der Waals surface area contributed by atoms with Gasteiger partial charge in [0.2, 0.25) is 0 Å². The lowest BCUT2D eigenvalue weighted by molar-refractivity contribution is 0.0951. The maximum atomic E-state index is 12.6. The molecule has 3 aromatic rings. The lowest BCUT2D eigenvalue weighted by atomic mass is 10.1. The number of aromatic nitrogens is 2. The number of benzene rings is 2. The van der Waals surface area contributed by atoms with E-state index in [4.69, 9.17) is 0 Å². The van der Waals surface area contributed by atoms with Gasteiger partial charge in [-0.25, -0.2) is 4.98 Å². The maximum Gasteiger partial charge on any atom is 0.251 e. The van der Waals surface area contributed by atoms with Crippen LogP contribution in [0.3, 0.4) is 0 Å². The predicted molar refractivity (Wildman–Crippen MR) is 124 cm³/mol. The van der Waals surface area contributed by atoms with Crippen molar-refractivity contribution in [2.24, 2.45) is 0 Å². The van der Waals surface area contributed by atoms with Crippen LogP contribution in [0.1, 0.15) is 58.6 Å². The molecule has 0 radical (unpaired) electrons. The topological polar surface area (TPSA) is 50.2 Å². The molecule has 0 bridgehead atoms. The van der Waals surface area contributed by atoms with Gasteiger partial charge in [0.15, 0.2) is 0 Å². The summed E-state index contributed by atoms with van der Waals surface area (Å²) in [5.41, 5.74) is 4.29. The number of carbonyl (C=O) groups is 1. The zero-order valence-corrected chi connectivity index (χ0v) is 18.4. The first-order valence-corrected chi connectivity index (χ1v) is 11.3. The van der Waals surface area contributed by atoms with Crippen LogP contribution in [0.2, 0.25) is 0 Å². The van der Waals surface area contributed by atoms with E-state index in [-0.39, 0.29) is 5.91 Å². The van der Waals surface area contributed by atoms with Gasteiger partial charge in [-0.15, -0.1) is 0 Å². The van der Waals surface area contributed by atoms with Gasteiger partial charge in [0.05, 0.1) is 0 Å². The molecule has 4 rings (SSSR count). The number of hydrogen-bond acceptors (Lipinski definition) is 3. The van der Waals surface area contributed by atoms with Crippen molar-refractivity contribution in [1.29, 1.82) is 0 Å². The number of hydrogen-bond donors (Lipinski definition) is 1. The highest BCUT2D eigenvalue weighted by Gasteiger charge is 2.11. The van der Waals surface area contributed by atoms with Gasteiger partial charge in [-0.3, -0.25) is 9.69 Å². The minimum atomic E-state index is -0.0304. The highest BCUT2D eigenvalue weighted by Crippen LogP contribution is 2.14. The summed E-state index contributed by atoms with van der Waals surface area (Å²) in [4.78, 5) is 19.4. The van der Waals surface area contributed by atoms with Crippen LogP contribution in [0.15, 0.2) is 60.9 Å². The Morgan fingerprint density at radius 2 is 1.68 bits per heavy atom. The molecular weight excluding hydrogens is 384 g/mol. The minimum Gasteiger partial charge on any atom is -0.348 e. The van der Waals surface area contributed by atoms with Crippen molar-refractivity contribution in [2.45, 2.75) is 52.2 Å². The fraction of sp³-hybridized carbons (Fsp3) is 0.385. The largest absolute Gasteiger partial charge is 0.348 e. The molecule has 0 unspecified atom stereocenters. The number of nitrogens with zero attached hydrogens (tertiary/aromatic N) is 3. The second kappa shape index (κ2) is 10.4. The lowest BCUT2D eigenvalue weighted by Gasteiger charge is -2.19. The summed E-state index contributed by atoms with van der Waals surface area (Å²) in [7, 11) is 0. The van der Waals surface area contributed by atoms with E-state index >= 15 is 0 Å². The molecule has 31 heavy (non-hydrogen) atoms. The molecule has 1 N–H and O–H groups in total. The van der Waals surface area contributed by atoms with Gasteiger partial charge in [-0.2, -0.15) is 0 Å². The predicted octanol–water partition coefficient (Wildman–Crippen LogP) is 4.55. The van der Waals surface area contributed by atoms with Crippen LogP contribution in [-0.4, -0.2) is 33.4 Å². The van der Waals surface area contributed by atoms with E-state index in [2.05, 4.69) is 50.1 Å². The molecule has 0 aliphatic carbocycles. The Morgan fingerprint density at radius 3 is 2.39 bits per heavy atom. The summed E-state index contributed by atoms with van der Waals surface area (Å²) in [6.07, 6.45) is 9.09. The maximum absolute atomic E-state index is 12.6. The van der Waals surface area contributed by atoms with Crippen LogP contribution in [0.5, 0.6) is 0 Å². The van der Waals surface area contributed by atoms with Crippen LogP contribution in [0, 0.1) is 6.92 Å². The number of imidazole rings is 1. The van der Waals surface area contributed by atoms with Gasteiger partial charge in [0, 0.05) is 37.6 Å². The van der Waals surface area contributed by atoms with Crippen LogP contribution in [0.4, 0.5) is 0 Å². The van der Waals surface area contributed by atoms with E-state index in [0.717, 1.165) is 24.5 Å². The van der Waals surface area contributed by atoms with Gasteiger partial charge in [0.25, 0.3) is 5.91 Å². The molecule has 1 saturated heterocycles. The third kappa shape index (κ3) is 6.05. The standard InChI is InChI=1S/C26H32N4O/c1-21-27-13-16-30(21)20-24-8-6-7-23(17-24)18-28-26(31)25-11-9-22(10-12-25)19-29-14-4-2-3-5-15-29/h6-13,16-17H,2-5,14-15,18-20H2,1H3,(H,28,31). The van der Waals surface area contributed by atoms with E-state index in [1.165, 1.54) is 49.9 Å². The van der Waals surface area contributed by atoms with Crippen LogP contribution in [0.25, 0.3) is 0 Å². The number of rotatable bonds is 7. The second-order valence-electron chi connectivity index (χ2n) is 8.49. The Bertz CT molecular complexity index is 985. The van der Waals surface area contributed by atoms with Crippen molar-refractivity contribution in [1.82, 2.24) is 19.8 Å². The molecule has 0 spiro atoms. The molecule has 162 valence electrons. The van der Waals surface area contributed by atoms with E-state index in [1.54, 1.807) is 0 Å². The first-order chi connectivity index (χ1) is 15.2. The molecule has 1 aromatic heterocycles. The fourth-order valence-corrected chi connectivity index (χ4v) is 4.20. The second-order valence-corrected chi connectivity index (χ2v) is 8.49. The number of likely N-dealkylation sites (tertiary alicyclic amines) is 1. The molecule has 2 aromatic carbocycles. The quantitative estimate of drug-likeness (QED) is 0.615. The van der Waals surface area contributed by atoms with Gasteiger partial charge in [-0.05, 0) is 61.7 Å². The molecule has 2 heterocycles. The monoisotopic (exact) mass is 416 g/mol. The lowest BCUT2D eigenvalue weighted by Crippen LogP contribution is -2.24. The SMILES string of the molecule is Cc1nccn1Cc1cccc(CNC(=O)c2ccc(CN3CCCCCC3)cc2)c1. The zero-order chi connectivity index (χ0) is 21.5. The minimum absolute atomic E-state index is 0.0304.